The van der Waals surface area contributed by atoms with Crippen LogP contribution >= 0.6 is 24.0 Å². The maximum Gasteiger partial charge on any atom is 0.191 e. The zero-order valence-electron chi connectivity index (χ0n) is 11.6. The van der Waals surface area contributed by atoms with E-state index < -0.39 is 0 Å². The van der Waals surface area contributed by atoms with Gasteiger partial charge in [0.25, 0.3) is 0 Å². The van der Waals surface area contributed by atoms with Crippen molar-refractivity contribution in [3.63, 3.8) is 0 Å². The van der Waals surface area contributed by atoms with Crippen LogP contribution in [-0.2, 0) is 9.47 Å². The van der Waals surface area contributed by atoms with Gasteiger partial charge in [0.2, 0.25) is 0 Å². The van der Waals surface area contributed by atoms with E-state index in [0.29, 0.717) is 6.61 Å². The minimum atomic E-state index is -0.0441. The van der Waals surface area contributed by atoms with Crippen LogP contribution in [0.25, 0.3) is 0 Å². The molecule has 1 fully saturated rings. The lowest BCUT2D eigenvalue weighted by Gasteiger charge is -2.24. The second kappa shape index (κ2) is 9.80. The van der Waals surface area contributed by atoms with Gasteiger partial charge in [-0.3, -0.25) is 4.99 Å². The molecule has 0 amide bonds. The smallest absolute Gasteiger partial charge is 0.191 e. The summed E-state index contributed by atoms with van der Waals surface area (Å²) in [6.45, 7) is 8.01. The Morgan fingerprint density at radius 2 is 2.22 bits per heavy atom. The van der Waals surface area contributed by atoms with Crippen LogP contribution in [-0.4, -0.2) is 51.5 Å². The first-order valence-electron chi connectivity index (χ1n) is 6.36. The molecule has 1 heterocycles. The fraction of sp³-hybridized carbons (Fsp3) is 0.917. The molecule has 1 saturated heterocycles. The lowest BCUT2D eigenvalue weighted by molar-refractivity contribution is 0.0242. The molecule has 6 heteroatoms. The number of aliphatic imine (C=N–C) groups is 1. The van der Waals surface area contributed by atoms with Crippen LogP contribution in [0.15, 0.2) is 4.99 Å². The largest absolute Gasteiger partial charge is 0.380 e. The molecule has 18 heavy (non-hydrogen) atoms. The molecular formula is C12H26IN3O2. The second-order valence-electron chi connectivity index (χ2n) is 4.45. The third-order valence-electron chi connectivity index (χ3n) is 2.90. The Hall–Kier alpha value is -0.0800. The predicted octanol–water partition coefficient (Wildman–Crippen LogP) is 1.37. The van der Waals surface area contributed by atoms with Crippen LogP contribution in [0, 0.1) is 0 Å². The average Bonchev–Trinajstić information content (AvgIpc) is 2.76. The van der Waals surface area contributed by atoms with Crippen molar-refractivity contribution in [1.29, 1.82) is 0 Å². The monoisotopic (exact) mass is 371 g/mol. The molecule has 0 saturated carbocycles. The number of ether oxygens (including phenoxy) is 2. The number of nitrogens with zero attached hydrogens (tertiary/aromatic N) is 1. The molecular weight excluding hydrogens is 345 g/mol. The maximum absolute atomic E-state index is 5.71. The van der Waals surface area contributed by atoms with Gasteiger partial charge in [0, 0.05) is 33.4 Å². The topological polar surface area (TPSA) is 54.9 Å². The van der Waals surface area contributed by atoms with Crippen LogP contribution in [0.3, 0.4) is 0 Å². The summed E-state index contributed by atoms with van der Waals surface area (Å²) in [6, 6.07) is 0. The lowest BCUT2D eigenvalue weighted by atomic mass is 10.0. The fourth-order valence-electron chi connectivity index (χ4n) is 1.85. The van der Waals surface area contributed by atoms with Crippen molar-refractivity contribution in [3.8, 4) is 0 Å². The molecule has 1 atom stereocenters. The Kier molecular flexibility index (Phi) is 9.76. The van der Waals surface area contributed by atoms with E-state index in [1.54, 1.807) is 7.05 Å². The van der Waals surface area contributed by atoms with E-state index in [0.717, 1.165) is 45.1 Å². The minimum Gasteiger partial charge on any atom is -0.380 e. The first-order valence-corrected chi connectivity index (χ1v) is 6.36. The highest BCUT2D eigenvalue weighted by atomic mass is 127. The van der Waals surface area contributed by atoms with Crippen molar-refractivity contribution < 1.29 is 9.47 Å². The molecule has 0 spiro atoms. The first kappa shape index (κ1) is 17.9. The summed E-state index contributed by atoms with van der Waals surface area (Å²) in [5.41, 5.74) is -0.0441. The molecule has 108 valence electrons. The Labute approximate surface area is 127 Å². The van der Waals surface area contributed by atoms with E-state index >= 15 is 0 Å². The number of rotatable bonds is 6. The highest BCUT2D eigenvalue weighted by molar-refractivity contribution is 14.0. The van der Waals surface area contributed by atoms with Crippen LogP contribution in [0.5, 0.6) is 0 Å². The van der Waals surface area contributed by atoms with Gasteiger partial charge in [-0.25, -0.2) is 0 Å². The molecule has 0 bridgehead atoms. The van der Waals surface area contributed by atoms with Gasteiger partial charge in [-0.2, -0.15) is 0 Å². The van der Waals surface area contributed by atoms with E-state index in [1.165, 1.54) is 0 Å². The molecule has 0 aromatic rings. The van der Waals surface area contributed by atoms with Crippen LogP contribution in [0.1, 0.15) is 26.7 Å². The van der Waals surface area contributed by atoms with Gasteiger partial charge in [0.05, 0.1) is 12.2 Å². The minimum absolute atomic E-state index is 0. The molecule has 1 aliphatic heterocycles. The van der Waals surface area contributed by atoms with E-state index in [4.69, 9.17) is 9.47 Å². The number of nitrogens with one attached hydrogen (secondary N) is 2. The average molecular weight is 371 g/mol. The molecule has 5 nitrogen and oxygen atoms in total. The number of guanidine groups is 1. The summed E-state index contributed by atoms with van der Waals surface area (Å²) < 4.78 is 11.0. The van der Waals surface area contributed by atoms with E-state index in [9.17, 15) is 0 Å². The zero-order valence-corrected chi connectivity index (χ0v) is 14.0. The third kappa shape index (κ3) is 6.75. The van der Waals surface area contributed by atoms with E-state index in [-0.39, 0.29) is 29.6 Å². The molecule has 0 aromatic heterocycles. The second-order valence-corrected chi connectivity index (χ2v) is 4.45. The normalized spacial score (nSPS) is 23.6. The summed E-state index contributed by atoms with van der Waals surface area (Å²) in [6.07, 6.45) is 2.25. The van der Waals surface area contributed by atoms with E-state index in [2.05, 4.69) is 22.5 Å². The van der Waals surface area contributed by atoms with Gasteiger partial charge in [0.1, 0.15) is 0 Å². The molecule has 2 N–H and O–H groups in total. The van der Waals surface area contributed by atoms with Crippen molar-refractivity contribution in [2.24, 2.45) is 4.99 Å². The first-order chi connectivity index (χ1) is 8.20. The van der Waals surface area contributed by atoms with Gasteiger partial charge in [-0.15, -0.1) is 24.0 Å². The summed E-state index contributed by atoms with van der Waals surface area (Å²) in [4.78, 5) is 4.16. The van der Waals surface area contributed by atoms with Gasteiger partial charge < -0.3 is 20.1 Å². The van der Waals surface area contributed by atoms with Gasteiger partial charge in [-0.1, -0.05) is 0 Å². The molecule has 1 rings (SSSR count). The maximum atomic E-state index is 5.71. The summed E-state index contributed by atoms with van der Waals surface area (Å²) in [7, 11) is 1.77. The summed E-state index contributed by atoms with van der Waals surface area (Å²) >= 11 is 0. The molecule has 1 aliphatic rings. The Balaban J connectivity index is 0.00000289. The van der Waals surface area contributed by atoms with Crippen molar-refractivity contribution in [2.45, 2.75) is 32.3 Å². The van der Waals surface area contributed by atoms with Crippen LogP contribution in [0.4, 0.5) is 0 Å². The van der Waals surface area contributed by atoms with Gasteiger partial charge in [-0.05, 0) is 26.7 Å². The predicted molar refractivity (Wildman–Crippen MR) is 84.9 cm³/mol. The highest BCUT2D eigenvalue weighted by Crippen LogP contribution is 2.23. The van der Waals surface area contributed by atoms with Crippen LogP contribution in [0.2, 0.25) is 0 Å². The standard InChI is InChI=1S/C12H25N3O2.HI/c1-4-16-9-7-14-11(13-3)15-10-12(2)6-5-8-17-12;/h4-10H2,1-3H3,(H2,13,14,15);1H. The quantitative estimate of drug-likeness (QED) is 0.321. The summed E-state index contributed by atoms with van der Waals surface area (Å²) in [5, 5.41) is 6.49. The third-order valence-corrected chi connectivity index (χ3v) is 2.90. The van der Waals surface area contributed by atoms with Gasteiger partial charge in [0.15, 0.2) is 5.96 Å². The number of halogens is 1. The Morgan fingerprint density at radius 1 is 1.44 bits per heavy atom. The van der Waals surface area contributed by atoms with E-state index in [1.807, 2.05) is 6.92 Å². The van der Waals surface area contributed by atoms with Crippen molar-refractivity contribution in [3.05, 3.63) is 0 Å². The zero-order chi connectivity index (χ0) is 12.6. The number of hydrogen-bond acceptors (Lipinski definition) is 3. The molecule has 0 aliphatic carbocycles. The molecule has 0 aromatic carbocycles. The van der Waals surface area contributed by atoms with Gasteiger partial charge >= 0.3 is 0 Å². The Bertz CT molecular complexity index is 243. The van der Waals surface area contributed by atoms with Crippen molar-refractivity contribution >= 4 is 29.9 Å². The molecule has 0 radical (unpaired) electrons. The lowest BCUT2D eigenvalue weighted by Crippen LogP contribution is -2.46. The fourth-order valence-corrected chi connectivity index (χ4v) is 1.85. The van der Waals surface area contributed by atoms with Crippen molar-refractivity contribution in [2.75, 3.05) is 40.0 Å². The van der Waals surface area contributed by atoms with Crippen molar-refractivity contribution in [1.82, 2.24) is 10.6 Å². The Morgan fingerprint density at radius 3 is 2.78 bits per heavy atom. The molecule has 1 unspecified atom stereocenters. The SMILES string of the molecule is CCOCCNC(=NC)NCC1(C)CCCO1.I. The highest BCUT2D eigenvalue weighted by Gasteiger charge is 2.29. The summed E-state index contributed by atoms with van der Waals surface area (Å²) in [5.74, 6) is 0.807. The number of hydrogen-bond donors (Lipinski definition) is 2. The van der Waals surface area contributed by atoms with Crippen LogP contribution < -0.4 is 10.6 Å².